The van der Waals surface area contributed by atoms with E-state index in [2.05, 4.69) is 10.5 Å². The zero-order valence-electron chi connectivity index (χ0n) is 17.5. The molecule has 0 saturated heterocycles. The van der Waals surface area contributed by atoms with Gasteiger partial charge in [0.1, 0.15) is 17.2 Å². The number of hydrogen-bond donors (Lipinski definition) is 1. The van der Waals surface area contributed by atoms with Gasteiger partial charge in [0.15, 0.2) is 6.61 Å². The van der Waals surface area contributed by atoms with Crippen molar-refractivity contribution in [2.45, 2.75) is 0 Å². The van der Waals surface area contributed by atoms with Gasteiger partial charge in [-0.05, 0) is 66.2 Å². The van der Waals surface area contributed by atoms with Crippen LogP contribution in [0, 0.1) is 10.1 Å². The number of methoxy groups -OCH3 is 1. The Kier molecular flexibility index (Phi) is 7.68. The highest BCUT2D eigenvalue weighted by molar-refractivity contribution is 5.91. The third-order valence-electron chi connectivity index (χ3n) is 4.24. The lowest BCUT2D eigenvalue weighted by molar-refractivity contribution is -0.384. The van der Waals surface area contributed by atoms with Crippen LogP contribution in [0.2, 0.25) is 0 Å². The van der Waals surface area contributed by atoms with Gasteiger partial charge < -0.3 is 14.2 Å². The third-order valence-corrected chi connectivity index (χ3v) is 4.24. The molecule has 1 amide bonds. The van der Waals surface area contributed by atoms with Crippen LogP contribution in [0.3, 0.4) is 0 Å². The van der Waals surface area contributed by atoms with Crippen molar-refractivity contribution in [2.75, 3.05) is 13.7 Å². The summed E-state index contributed by atoms with van der Waals surface area (Å²) in [5.74, 6) is 0.308. The van der Waals surface area contributed by atoms with Crippen molar-refractivity contribution in [1.82, 2.24) is 5.43 Å². The van der Waals surface area contributed by atoms with Crippen LogP contribution in [0.1, 0.15) is 15.9 Å². The molecule has 3 aromatic carbocycles. The van der Waals surface area contributed by atoms with Crippen LogP contribution in [0.4, 0.5) is 5.69 Å². The Morgan fingerprint density at radius 3 is 2.15 bits per heavy atom. The van der Waals surface area contributed by atoms with Gasteiger partial charge in [0, 0.05) is 12.1 Å². The molecule has 0 aromatic heterocycles. The number of rotatable bonds is 9. The molecule has 3 rings (SSSR count). The highest BCUT2D eigenvalue weighted by Crippen LogP contribution is 2.17. The van der Waals surface area contributed by atoms with E-state index in [-0.39, 0.29) is 12.3 Å². The number of hydrogen-bond acceptors (Lipinski definition) is 8. The molecule has 0 bridgehead atoms. The predicted molar refractivity (Wildman–Crippen MR) is 119 cm³/mol. The summed E-state index contributed by atoms with van der Waals surface area (Å²) in [5.41, 5.74) is 3.29. The maximum absolute atomic E-state index is 12.2. The Hall–Kier alpha value is -4.73. The first-order valence-electron chi connectivity index (χ1n) is 9.60. The van der Waals surface area contributed by atoms with E-state index in [1.165, 1.54) is 30.5 Å². The van der Waals surface area contributed by atoms with Gasteiger partial charge >= 0.3 is 5.97 Å². The van der Waals surface area contributed by atoms with Gasteiger partial charge in [-0.3, -0.25) is 14.9 Å². The summed E-state index contributed by atoms with van der Waals surface area (Å²) in [6.45, 7) is -0.310. The second-order valence-electron chi connectivity index (χ2n) is 6.52. The van der Waals surface area contributed by atoms with Crippen LogP contribution in [0.5, 0.6) is 17.2 Å². The standard InChI is InChI=1S/C23H19N3O7/c1-31-19-10-4-17(5-11-19)23(28)33-21-8-2-16(3-9-21)14-24-25-22(27)15-32-20-12-6-18(7-13-20)26(29)30/h2-14H,15H2,1H3,(H,25,27)/b24-14+. The quantitative estimate of drug-likeness (QED) is 0.174. The SMILES string of the molecule is COc1ccc(C(=O)Oc2ccc(/C=N/NC(=O)COc3ccc([N+](=O)[O-])cc3)cc2)cc1. The van der Waals surface area contributed by atoms with E-state index in [1.54, 1.807) is 55.6 Å². The number of ether oxygens (including phenoxy) is 3. The molecule has 0 fully saturated rings. The molecule has 0 saturated carbocycles. The first-order chi connectivity index (χ1) is 15.9. The van der Waals surface area contributed by atoms with Crippen molar-refractivity contribution in [1.29, 1.82) is 0 Å². The molecule has 0 spiro atoms. The average Bonchev–Trinajstić information content (AvgIpc) is 2.84. The van der Waals surface area contributed by atoms with Gasteiger partial charge in [-0.2, -0.15) is 5.10 Å². The van der Waals surface area contributed by atoms with Crippen molar-refractivity contribution in [3.05, 3.63) is 94.0 Å². The summed E-state index contributed by atoms with van der Waals surface area (Å²) in [7, 11) is 1.54. The summed E-state index contributed by atoms with van der Waals surface area (Å²) in [5, 5.41) is 14.4. The Balaban J connectivity index is 1.44. The van der Waals surface area contributed by atoms with Crippen LogP contribution in [-0.2, 0) is 4.79 Å². The normalized spacial score (nSPS) is 10.5. The maximum atomic E-state index is 12.2. The van der Waals surface area contributed by atoms with Gasteiger partial charge in [-0.1, -0.05) is 0 Å². The van der Waals surface area contributed by atoms with E-state index < -0.39 is 16.8 Å². The van der Waals surface area contributed by atoms with Crippen LogP contribution in [0.15, 0.2) is 77.9 Å². The van der Waals surface area contributed by atoms with E-state index >= 15 is 0 Å². The van der Waals surface area contributed by atoms with Gasteiger partial charge in [0.05, 0.1) is 23.8 Å². The molecule has 1 N–H and O–H groups in total. The molecule has 10 heteroatoms. The minimum atomic E-state index is -0.525. The van der Waals surface area contributed by atoms with E-state index in [0.717, 1.165) is 0 Å². The number of non-ortho nitro benzene ring substituents is 1. The van der Waals surface area contributed by atoms with Crippen molar-refractivity contribution in [2.24, 2.45) is 5.10 Å². The van der Waals surface area contributed by atoms with Gasteiger partial charge in [0.2, 0.25) is 0 Å². The van der Waals surface area contributed by atoms with Crippen molar-refractivity contribution in [3.63, 3.8) is 0 Å². The number of hydrazone groups is 1. The average molecular weight is 449 g/mol. The summed E-state index contributed by atoms with van der Waals surface area (Å²) in [6.07, 6.45) is 1.42. The van der Waals surface area contributed by atoms with Crippen molar-refractivity contribution >= 4 is 23.8 Å². The van der Waals surface area contributed by atoms with Crippen molar-refractivity contribution in [3.8, 4) is 17.2 Å². The Morgan fingerprint density at radius 2 is 1.55 bits per heavy atom. The molecular weight excluding hydrogens is 430 g/mol. The molecule has 168 valence electrons. The Morgan fingerprint density at radius 1 is 0.939 bits per heavy atom. The number of esters is 1. The van der Waals surface area contributed by atoms with Crippen LogP contribution in [0.25, 0.3) is 0 Å². The topological polar surface area (TPSA) is 129 Å². The zero-order chi connectivity index (χ0) is 23.6. The number of carbonyl (C=O) groups is 2. The molecule has 0 aliphatic rings. The number of carbonyl (C=O) groups excluding carboxylic acids is 2. The summed E-state index contributed by atoms with van der Waals surface area (Å²) in [4.78, 5) is 34.1. The number of nitrogens with one attached hydrogen (secondary N) is 1. The number of nitro groups is 1. The lowest BCUT2D eigenvalue weighted by Crippen LogP contribution is -2.24. The molecule has 10 nitrogen and oxygen atoms in total. The lowest BCUT2D eigenvalue weighted by atomic mass is 10.2. The van der Waals surface area contributed by atoms with Gasteiger partial charge in [-0.25, -0.2) is 10.2 Å². The predicted octanol–water partition coefficient (Wildman–Crippen LogP) is 3.35. The molecule has 0 unspecified atom stereocenters. The maximum Gasteiger partial charge on any atom is 0.343 e. The highest BCUT2D eigenvalue weighted by Gasteiger charge is 2.09. The molecule has 0 heterocycles. The van der Waals surface area contributed by atoms with Crippen LogP contribution in [-0.4, -0.2) is 36.7 Å². The highest BCUT2D eigenvalue weighted by atomic mass is 16.6. The minimum Gasteiger partial charge on any atom is -0.497 e. The fraction of sp³-hybridized carbons (Fsp3) is 0.0870. The molecule has 0 radical (unpaired) electrons. The summed E-state index contributed by atoms with van der Waals surface area (Å²) in [6, 6.07) is 18.4. The van der Waals surface area contributed by atoms with Gasteiger partial charge in [-0.15, -0.1) is 0 Å². The number of nitrogens with zero attached hydrogens (tertiary/aromatic N) is 2. The first-order valence-corrected chi connectivity index (χ1v) is 9.60. The van der Waals surface area contributed by atoms with E-state index in [4.69, 9.17) is 14.2 Å². The number of benzene rings is 3. The largest absolute Gasteiger partial charge is 0.497 e. The fourth-order valence-electron chi connectivity index (χ4n) is 2.54. The number of amides is 1. The van der Waals surface area contributed by atoms with Crippen LogP contribution < -0.4 is 19.6 Å². The second-order valence-corrected chi connectivity index (χ2v) is 6.52. The zero-order valence-corrected chi connectivity index (χ0v) is 17.5. The Labute approximate surface area is 188 Å². The van der Waals surface area contributed by atoms with E-state index in [1.807, 2.05) is 0 Å². The van der Waals surface area contributed by atoms with E-state index in [9.17, 15) is 19.7 Å². The summed E-state index contributed by atoms with van der Waals surface area (Å²) < 4.78 is 15.6. The molecular formula is C23H19N3O7. The smallest absolute Gasteiger partial charge is 0.343 e. The molecule has 0 atom stereocenters. The van der Waals surface area contributed by atoms with Crippen LogP contribution >= 0.6 is 0 Å². The summed E-state index contributed by atoms with van der Waals surface area (Å²) >= 11 is 0. The lowest BCUT2D eigenvalue weighted by Gasteiger charge is -2.06. The molecule has 33 heavy (non-hydrogen) atoms. The van der Waals surface area contributed by atoms with E-state index in [0.29, 0.717) is 28.4 Å². The van der Waals surface area contributed by atoms with Crippen molar-refractivity contribution < 1.29 is 28.7 Å². The monoisotopic (exact) mass is 449 g/mol. The first kappa shape index (κ1) is 22.9. The fourth-order valence-corrected chi connectivity index (χ4v) is 2.54. The van der Waals surface area contributed by atoms with Gasteiger partial charge in [0.25, 0.3) is 11.6 Å². The Bertz CT molecular complexity index is 1140. The second kappa shape index (κ2) is 11.0. The molecule has 0 aliphatic carbocycles. The minimum absolute atomic E-state index is 0.0714. The number of nitro benzene ring substituents is 1. The molecule has 3 aromatic rings. The third kappa shape index (κ3) is 6.89. The molecule has 0 aliphatic heterocycles.